The fourth-order valence-electron chi connectivity index (χ4n) is 2.38. The molecule has 1 N–H and O–H groups in total. The number of hydrogen-bond donors (Lipinski definition) is 1. The van der Waals surface area contributed by atoms with Crippen molar-refractivity contribution < 1.29 is 0 Å². The lowest BCUT2D eigenvalue weighted by Crippen LogP contribution is -2.24. The van der Waals surface area contributed by atoms with E-state index >= 15 is 0 Å². The highest BCUT2D eigenvalue weighted by Gasteiger charge is 2.09. The first kappa shape index (κ1) is 15.1. The standard InChI is InChI=1S/C15H22ClN3O/c1-2-3-10-19-15(20)14(16)13(11-18-19)17-9-8-12-6-4-5-7-12/h6,11,17H,2-5,7-10H2,1H3. The molecule has 0 saturated carbocycles. The zero-order valence-corrected chi connectivity index (χ0v) is 12.7. The van der Waals surface area contributed by atoms with Gasteiger partial charge in [0.15, 0.2) is 0 Å². The van der Waals surface area contributed by atoms with Crippen LogP contribution in [0.4, 0.5) is 5.69 Å². The number of allylic oxidation sites excluding steroid dienone is 1. The van der Waals surface area contributed by atoms with Gasteiger partial charge in [-0.15, -0.1) is 0 Å². The van der Waals surface area contributed by atoms with E-state index in [9.17, 15) is 4.79 Å². The lowest BCUT2D eigenvalue weighted by molar-refractivity contribution is 0.543. The van der Waals surface area contributed by atoms with Gasteiger partial charge in [-0.1, -0.05) is 36.6 Å². The molecule has 1 aromatic heterocycles. The maximum absolute atomic E-state index is 12.0. The van der Waals surface area contributed by atoms with E-state index in [1.807, 2.05) is 0 Å². The Bertz CT molecular complexity index is 536. The zero-order chi connectivity index (χ0) is 14.4. The first-order valence-corrected chi connectivity index (χ1v) is 7.77. The molecule has 0 saturated heterocycles. The highest BCUT2D eigenvalue weighted by atomic mass is 35.5. The van der Waals surface area contributed by atoms with E-state index in [1.54, 1.807) is 6.20 Å². The Kier molecular flexibility index (Phi) is 5.65. The number of unbranched alkanes of at least 4 members (excludes halogenated alkanes) is 1. The molecule has 0 amide bonds. The molecule has 0 aromatic carbocycles. The first-order valence-electron chi connectivity index (χ1n) is 7.39. The van der Waals surface area contributed by atoms with Crippen molar-refractivity contribution in [2.75, 3.05) is 11.9 Å². The Hall–Kier alpha value is -1.29. The van der Waals surface area contributed by atoms with E-state index in [-0.39, 0.29) is 10.6 Å². The fraction of sp³-hybridized carbons (Fsp3) is 0.600. The monoisotopic (exact) mass is 295 g/mol. The minimum atomic E-state index is -0.204. The van der Waals surface area contributed by atoms with Crippen LogP contribution in [0.15, 0.2) is 22.6 Å². The molecule has 0 aliphatic heterocycles. The summed E-state index contributed by atoms with van der Waals surface area (Å²) in [6.45, 7) is 3.51. The van der Waals surface area contributed by atoms with Gasteiger partial charge in [-0.2, -0.15) is 5.10 Å². The summed E-state index contributed by atoms with van der Waals surface area (Å²) in [5.41, 5.74) is 1.94. The van der Waals surface area contributed by atoms with E-state index in [2.05, 4.69) is 23.4 Å². The van der Waals surface area contributed by atoms with E-state index in [0.717, 1.165) is 25.8 Å². The highest BCUT2D eigenvalue weighted by molar-refractivity contribution is 6.32. The van der Waals surface area contributed by atoms with Crippen molar-refractivity contribution in [3.63, 3.8) is 0 Å². The molecule has 0 radical (unpaired) electrons. The number of nitrogens with one attached hydrogen (secondary N) is 1. The summed E-state index contributed by atoms with van der Waals surface area (Å²) >= 11 is 6.12. The predicted octanol–water partition coefficient (Wildman–Crippen LogP) is 3.61. The van der Waals surface area contributed by atoms with Crippen LogP contribution >= 0.6 is 11.6 Å². The smallest absolute Gasteiger partial charge is 0.287 e. The van der Waals surface area contributed by atoms with Gasteiger partial charge < -0.3 is 5.32 Å². The second-order valence-electron chi connectivity index (χ2n) is 5.19. The van der Waals surface area contributed by atoms with Crippen LogP contribution < -0.4 is 10.9 Å². The average Bonchev–Trinajstić information content (AvgIpc) is 2.96. The second kappa shape index (κ2) is 7.48. The Balaban J connectivity index is 1.94. The number of rotatable bonds is 7. The van der Waals surface area contributed by atoms with Crippen LogP contribution in [0, 0.1) is 0 Å². The van der Waals surface area contributed by atoms with Crippen LogP contribution in [0.5, 0.6) is 0 Å². The SMILES string of the molecule is CCCCn1ncc(NCCC2=CCCC2)c(Cl)c1=O. The second-order valence-corrected chi connectivity index (χ2v) is 5.56. The summed E-state index contributed by atoms with van der Waals surface area (Å²) < 4.78 is 1.44. The third-order valence-electron chi connectivity index (χ3n) is 3.60. The van der Waals surface area contributed by atoms with E-state index in [4.69, 9.17) is 11.6 Å². The summed E-state index contributed by atoms with van der Waals surface area (Å²) in [5.74, 6) is 0. The Morgan fingerprint density at radius 1 is 1.50 bits per heavy atom. The van der Waals surface area contributed by atoms with Gasteiger partial charge in [-0.25, -0.2) is 4.68 Å². The Morgan fingerprint density at radius 3 is 3.05 bits per heavy atom. The minimum Gasteiger partial charge on any atom is -0.382 e. The molecule has 4 nitrogen and oxygen atoms in total. The molecule has 0 fully saturated rings. The van der Waals surface area contributed by atoms with E-state index < -0.39 is 0 Å². The number of hydrogen-bond acceptors (Lipinski definition) is 3. The van der Waals surface area contributed by atoms with Crippen LogP contribution in [0.3, 0.4) is 0 Å². The molecule has 1 aliphatic rings. The van der Waals surface area contributed by atoms with Crippen LogP contribution in [0.25, 0.3) is 0 Å². The van der Waals surface area contributed by atoms with Crippen molar-refractivity contribution >= 4 is 17.3 Å². The molecule has 0 spiro atoms. The molecule has 0 unspecified atom stereocenters. The summed E-state index contributed by atoms with van der Waals surface area (Å²) in [6.07, 6.45) is 10.6. The fourth-order valence-corrected chi connectivity index (χ4v) is 2.59. The van der Waals surface area contributed by atoms with Crippen LogP contribution in [-0.4, -0.2) is 16.3 Å². The van der Waals surface area contributed by atoms with Gasteiger partial charge in [0.1, 0.15) is 5.02 Å². The Morgan fingerprint density at radius 2 is 2.35 bits per heavy atom. The minimum absolute atomic E-state index is 0.204. The summed E-state index contributed by atoms with van der Waals surface area (Å²) in [7, 11) is 0. The number of aryl methyl sites for hydroxylation is 1. The van der Waals surface area contributed by atoms with Gasteiger partial charge in [-0.3, -0.25) is 4.79 Å². The van der Waals surface area contributed by atoms with Gasteiger partial charge >= 0.3 is 0 Å². The zero-order valence-electron chi connectivity index (χ0n) is 12.0. The molecule has 2 rings (SSSR count). The number of anilines is 1. The van der Waals surface area contributed by atoms with Crippen LogP contribution in [0.1, 0.15) is 45.4 Å². The highest BCUT2D eigenvalue weighted by Crippen LogP contribution is 2.21. The van der Waals surface area contributed by atoms with E-state index in [0.29, 0.717) is 12.2 Å². The quantitative estimate of drug-likeness (QED) is 0.782. The molecule has 0 bridgehead atoms. The van der Waals surface area contributed by atoms with Crippen molar-refractivity contribution in [3.05, 3.63) is 33.2 Å². The van der Waals surface area contributed by atoms with Crippen molar-refractivity contribution in [2.24, 2.45) is 0 Å². The molecule has 0 atom stereocenters. The third-order valence-corrected chi connectivity index (χ3v) is 3.97. The third kappa shape index (κ3) is 3.85. The van der Waals surface area contributed by atoms with Crippen LogP contribution in [-0.2, 0) is 6.54 Å². The average molecular weight is 296 g/mol. The first-order chi connectivity index (χ1) is 9.72. The normalized spacial score (nSPS) is 14.4. The molecular formula is C15H22ClN3O. The number of aromatic nitrogens is 2. The van der Waals surface area contributed by atoms with Gasteiger partial charge in [0.25, 0.3) is 5.56 Å². The number of nitrogens with zero attached hydrogens (tertiary/aromatic N) is 2. The molecule has 110 valence electrons. The molecule has 1 aromatic rings. The molecule has 20 heavy (non-hydrogen) atoms. The predicted molar refractivity (Wildman–Crippen MR) is 83.5 cm³/mol. The topological polar surface area (TPSA) is 46.9 Å². The largest absolute Gasteiger partial charge is 0.382 e. The van der Waals surface area contributed by atoms with Crippen molar-refractivity contribution in [3.8, 4) is 0 Å². The maximum atomic E-state index is 12.0. The van der Waals surface area contributed by atoms with E-state index in [1.165, 1.54) is 29.5 Å². The Labute approximate surface area is 124 Å². The van der Waals surface area contributed by atoms with Gasteiger partial charge in [0.2, 0.25) is 0 Å². The van der Waals surface area contributed by atoms with Crippen LogP contribution in [0.2, 0.25) is 5.02 Å². The maximum Gasteiger partial charge on any atom is 0.287 e. The lowest BCUT2D eigenvalue weighted by atomic mass is 10.2. The lowest BCUT2D eigenvalue weighted by Gasteiger charge is -2.10. The van der Waals surface area contributed by atoms with Crippen molar-refractivity contribution in [2.45, 2.75) is 52.0 Å². The number of halogens is 1. The van der Waals surface area contributed by atoms with Crippen molar-refractivity contribution in [1.29, 1.82) is 0 Å². The molecule has 1 heterocycles. The summed E-state index contributed by atoms with van der Waals surface area (Å²) in [5, 5.41) is 7.63. The van der Waals surface area contributed by atoms with Gasteiger partial charge in [0, 0.05) is 13.1 Å². The molecule has 5 heteroatoms. The summed E-state index contributed by atoms with van der Waals surface area (Å²) in [6, 6.07) is 0. The van der Waals surface area contributed by atoms with Gasteiger partial charge in [-0.05, 0) is 32.1 Å². The summed E-state index contributed by atoms with van der Waals surface area (Å²) in [4.78, 5) is 12.0. The van der Waals surface area contributed by atoms with Gasteiger partial charge in [0.05, 0.1) is 11.9 Å². The molecule has 1 aliphatic carbocycles. The van der Waals surface area contributed by atoms with Crippen molar-refractivity contribution in [1.82, 2.24) is 9.78 Å². The molecular weight excluding hydrogens is 274 g/mol.